The number of aromatic amines is 1. The van der Waals surface area contributed by atoms with E-state index in [1.165, 1.54) is 12.1 Å². The van der Waals surface area contributed by atoms with Crippen molar-refractivity contribution in [1.29, 1.82) is 0 Å². The van der Waals surface area contributed by atoms with Gasteiger partial charge in [-0.2, -0.15) is 5.10 Å². The predicted octanol–water partition coefficient (Wildman–Crippen LogP) is 1.37. The number of nitrogen functional groups attached to an aromatic ring is 1. The van der Waals surface area contributed by atoms with Crippen molar-refractivity contribution < 1.29 is 4.79 Å². The van der Waals surface area contributed by atoms with Gasteiger partial charge < -0.3 is 11.1 Å². The van der Waals surface area contributed by atoms with Gasteiger partial charge in [0.15, 0.2) is 5.82 Å². The Kier molecular flexibility index (Phi) is 3.42. The van der Waals surface area contributed by atoms with E-state index in [1.807, 2.05) is 0 Å². The van der Waals surface area contributed by atoms with Crippen LogP contribution in [-0.2, 0) is 0 Å². The third-order valence-electron chi connectivity index (χ3n) is 2.19. The van der Waals surface area contributed by atoms with Crippen LogP contribution in [0.1, 0.15) is 10.4 Å². The topological polar surface area (TPSA) is 101 Å². The van der Waals surface area contributed by atoms with Crippen LogP contribution in [0.3, 0.4) is 0 Å². The molecule has 1 aromatic heterocycles. The van der Waals surface area contributed by atoms with E-state index in [2.05, 4.69) is 31.4 Å². The van der Waals surface area contributed by atoms with Crippen LogP contribution in [0.5, 0.6) is 0 Å². The van der Waals surface area contributed by atoms with Crippen molar-refractivity contribution in [2.24, 2.45) is 0 Å². The second-order valence-electron chi connectivity index (χ2n) is 3.47. The highest BCUT2D eigenvalue weighted by Gasteiger charge is 2.12. The number of rotatable bonds is 2. The van der Waals surface area contributed by atoms with Gasteiger partial charge in [0.1, 0.15) is 0 Å². The number of nitrogens with two attached hydrogens (primary N) is 1. The maximum absolute atomic E-state index is 11.9. The van der Waals surface area contributed by atoms with E-state index >= 15 is 0 Å². The summed E-state index contributed by atoms with van der Waals surface area (Å²) in [6, 6.07) is 7.67. The number of hydrogen-bond donors (Lipinski definition) is 3. The van der Waals surface area contributed by atoms with Gasteiger partial charge in [-0.25, -0.2) is 5.10 Å². The van der Waals surface area contributed by atoms with E-state index in [9.17, 15) is 9.59 Å². The molecule has 1 aromatic carbocycles. The molecule has 1 amide bonds. The lowest BCUT2D eigenvalue weighted by Crippen LogP contribution is -2.16. The summed E-state index contributed by atoms with van der Waals surface area (Å²) in [7, 11) is 0. The Balaban J connectivity index is 2.24. The highest BCUT2D eigenvalue weighted by atomic mass is 79.9. The number of carbonyl (C=O) groups excluding carboxylic acids is 1. The summed E-state index contributed by atoms with van der Waals surface area (Å²) in [4.78, 5) is 22.8. The first-order chi connectivity index (χ1) is 8.58. The zero-order valence-electron chi connectivity index (χ0n) is 9.11. The molecule has 4 N–H and O–H groups in total. The van der Waals surface area contributed by atoms with Crippen molar-refractivity contribution >= 4 is 33.3 Å². The highest BCUT2D eigenvalue weighted by molar-refractivity contribution is 9.10. The number of H-pyrrole nitrogens is 1. The Labute approximate surface area is 110 Å². The molecule has 0 saturated heterocycles. The van der Waals surface area contributed by atoms with E-state index < -0.39 is 0 Å². The monoisotopic (exact) mass is 308 g/mol. The number of benzene rings is 1. The molecule has 0 fully saturated rings. The van der Waals surface area contributed by atoms with Gasteiger partial charge in [-0.3, -0.25) is 9.59 Å². The fourth-order valence-electron chi connectivity index (χ4n) is 1.32. The average molecular weight is 309 g/mol. The van der Waals surface area contributed by atoms with Crippen molar-refractivity contribution in [3.05, 3.63) is 50.7 Å². The van der Waals surface area contributed by atoms with Crippen LogP contribution in [0, 0.1) is 0 Å². The quantitative estimate of drug-likeness (QED) is 0.729. The minimum atomic E-state index is -0.367. The number of aromatic nitrogens is 2. The number of hydrogen-bond acceptors (Lipinski definition) is 4. The fourth-order valence-corrected chi connectivity index (χ4v) is 1.77. The lowest BCUT2D eigenvalue weighted by molar-refractivity contribution is 0.102. The molecule has 2 aromatic rings. The molecule has 0 bridgehead atoms. The lowest BCUT2D eigenvalue weighted by Gasteiger charge is -2.07. The number of nitrogens with one attached hydrogen (secondary N) is 2. The zero-order chi connectivity index (χ0) is 13.1. The van der Waals surface area contributed by atoms with Crippen LogP contribution in [0.15, 0.2) is 39.6 Å². The van der Waals surface area contributed by atoms with Crippen LogP contribution in [0.25, 0.3) is 0 Å². The van der Waals surface area contributed by atoms with E-state index in [-0.39, 0.29) is 17.3 Å². The summed E-state index contributed by atoms with van der Waals surface area (Å²) in [5.41, 5.74) is 6.21. The summed E-state index contributed by atoms with van der Waals surface area (Å²) in [5, 5.41) is 8.45. The van der Waals surface area contributed by atoms with Crippen LogP contribution in [0.2, 0.25) is 0 Å². The number of nitrogens with zero attached hydrogens (tertiary/aromatic N) is 1. The number of anilines is 2. The van der Waals surface area contributed by atoms with Crippen molar-refractivity contribution in [2.75, 3.05) is 11.1 Å². The first-order valence-corrected chi connectivity index (χ1v) is 5.78. The van der Waals surface area contributed by atoms with Crippen molar-refractivity contribution in [2.45, 2.75) is 0 Å². The van der Waals surface area contributed by atoms with Gasteiger partial charge in [0.25, 0.3) is 11.5 Å². The van der Waals surface area contributed by atoms with Gasteiger partial charge in [-0.05, 0) is 34.1 Å². The van der Waals surface area contributed by atoms with Crippen molar-refractivity contribution in [3.63, 3.8) is 0 Å². The van der Waals surface area contributed by atoms with E-state index in [1.54, 1.807) is 18.2 Å². The number of halogens is 1. The van der Waals surface area contributed by atoms with Gasteiger partial charge in [0.2, 0.25) is 0 Å². The third kappa shape index (κ3) is 2.57. The Morgan fingerprint density at radius 2 is 2.11 bits per heavy atom. The second kappa shape index (κ2) is 5.01. The molecule has 18 heavy (non-hydrogen) atoms. The maximum atomic E-state index is 11.9. The summed E-state index contributed by atoms with van der Waals surface area (Å²) in [6.45, 7) is 0. The Bertz CT molecular complexity index is 633. The van der Waals surface area contributed by atoms with Gasteiger partial charge in [0.05, 0.1) is 10.0 Å². The average Bonchev–Trinajstić information content (AvgIpc) is 2.35. The minimum absolute atomic E-state index is 0.258. The summed E-state index contributed by atoms with van der Waals surface area (Å²) >= 11 is 3.24. The molecule has 0 unspecified atom stereocenters. The van der Waals surface area contributed by atoms with Crippen molar-refractivity contribution in [3.8, 4) is 0 Å². The number of amides is 1. The third-order valence-corrected chi connectivity index (χ3v) is 3.08. The van der Waals surface area contributed by atoms with E-state index in [4.69, 9.17) is 5.73 Å². The normalized spacial score (nSPS) is 10.1. The molecular weight excluding hydrogens is 300 g/mol. The molecule has 0 saturated carbocycles. The van der Waals surface area contributed by atoms with Crippen LogP contribution >= 0.6 is 15.9 Å². The second-order valence-corrected chi connectivity index (χ2v) is 4.26. The largest absolute Gasteiger partial charge is 0.398 e. The minimum Gasteiger partial charge on any atom is -0.398 e. The Hall–Kier alpha value is -2.15. The first-order valence-electron chi connectivity index (χ1n) is 4.99. The van der Waals surface area contributed by atoms with Crippen LogP contribution in [0.4, 0.5) is 11.5 Å². The van der Waals surface area contributed by atoms with Crippen LogP contribution < -0.4 is 16.6 Å². The lowest BCUT2D eigenvalue weighted by atomic mass is 10.2. The Morgan fingerprint density at radius 1 is 1.33 bits per heavy atom. The summed E-state index contributed by atoms with van der Waals surface area (Å²) in [5.74, 6) is -0.109. The molecule has 0 aliphatic heterocycles. The molecule has 92 valence electrons. The molecule has 7 heteroatoms. The summed E-state index contributed by atoms with van der Waals surface area (Å²) in [6.07, 6.45) is 0. The molecule has 0 spiro atoms. The molecule has 0 radical (unpaired) electrons. The highest BCUT2D eigenvalue weighted by Crippen LogP contribution is 2.24. The maximum Gasteiger partial charge on any atom is 0.264 e. The van der Waals surface area contributed by atoms with Gasteiger partial charge in [-0.15, -0.1) is 0 Å². The van der Waals surface area contributed by atoms with Gasteiger partial charge in [-0.1, -0.05) is 6.07 Å². The molecule has 1 heterocycles. The molecule has 2 rings (SSSR count). The standard InChI is InChI=1S/C11H9BrN4O2/c12-10-6(2-1-3-7(10)13)11(18)14-8-4-5-9(17)16-15-8/h1-5H,13H2,(H,16,17)(H,14,15,18). The smallest absolute Gasteiger partial charge is 0.264 e. The van der Waals surface area contributed by atoms with E-state index in [0.29, 0.717) is 15.7 Å². The molecule has 0 aliphatic carbocycles. The molecular formula is C11H9BrN4O2. The first kappa shape index (κ1) is 12.3. The fraction of sp³-hybridized carbons (Fsp3) is 0. The Morgan fingerprint density at radius 3 is 2.78 bits per heavy atom. The zero-order valence-corrected chi connectivity index (χ0v) is 10.7. The van der Waals surface area contributed by atoms with Gasteiger partial charge in [0, 0.05) is 11.8 Å². The predicted molar refractivity (Wildman–Crippen MR) is 71.4 cm³/mol. The van der Waals surface area contributed by atoms with Gasteiger partial charge >= 0.3 is 0 Å². The van der Waals surface area contributed by atoms with E-state index in [0.717, 1.165) is 0 Å². The van der Waals surface area contributed by atoms with Crippen LogP contribution in [-0.4, -0.2) is 16.1 Å². The SMILES string of the molecule is Nc1cccc(C(=O)Nc2ccc(=O)[nH]n2)c1Br. The molecule has 6 nitrogen and oxygen atoms in total. The molecule has 0 atom stereocenters. The summed E-state index contributed by atoms with van der Waals surface area (Å²) < 4.78 is 0.520. The molecule has 0 aliphatic rings. The van der Waals surface area contributed by atoms with Crippen molar-refractivity contribution in [1.82, 2.24) is 10.2 Å². The number of carbonyl (C=O) groups is 1.